The van der Waals surface area contributed by atoms with E-state index in [9.17, 15) is 19.8 Å². The molecule has 0 saturated heterocycles. The van der Waals surface area contributed by atoms with Crippen molar-refractivity contribution >= 4 is 11.9 Å². The van der Waals surface area contributed by atoms with Crippen LogP contribution in [-0.2, 0) is 14.3 Å². The van der Waals surface area contributed by atoms with Gasteiger partial charge in [0.1, 0.15) is 6.10 Å². The molecule has 3 N–H and O–H groups in total. The van der Waals surface area contributed by atoms with Crippen molar-refractivity contribution in [3.63, 3.8) is 0 Å². The van der Waals surface area contributed by atoms with Crippen LogP contribution in [0.15, 0.2) is 60.8 Å². The Balaban J connectivity index is 4.65. The van der Waals surface area contributed by atoms with E-state index in [1.165, 1.54) is 128 Å². The first-order valence-corrected chi connectivity index (χ1v) is 25.6. The lowest BCUT2D eigenvalue weighted by atomic mass is 10.0. The molecule has 3 unspecified atom stereocenters. The number of esters is 1. The number of ether oxygens (including phenoxy) is 1. The van der Waals surface area contributed by atoms with Gasteiger partial charge >= 0.3 is 5.97 Å². The van der Waals surface area contributed by atoms with Crippen molar-refractivity contribution in [2.75, 3.05) is 6.61 Å². The molecule has 0 aliphatic rings. The van der Waals surface area contributed by atoms with Crippen molar-refractivity contribution in [1.29, 1.82) is 0 Å². The molecule has 3 atom stereocenters. The maximum absolute atomic E-state index is 13.2. The van der Waals surface area contributed by atoms with Crippen molar-refractivity contribution in [2.45, 2.75) is 264 Å². The Hall–Kier alpha value is -2.44. The van der Waals surface area contributed by atoms with Crippen molar-refractivity contribution in [3.8, 4) is 0 Å². The highest BCUT2D eigenvalue weighted by molar-refractivity contribution is 5.77. The van der Waals surface area contributed by atoms with Gasteiger partial charge in [0, 0.05) is 6.42 Å². The first-order valence-electron chi connectivity index (χ1n) is 25.6. The van der Waals surface area contributed by atoms with Gasteiger partial charge in [-0.1, -0.05) is 248 Å². The Labute approximate surface area is 371 Å². The molecule has 0 saturated carbocycles. The van der Waals surface area contributed by atoms with Gasteiger partial charge in [0.2, 0.25) is 5.91 Å². The molecule has 6 heteroatoms. The second-order valence-corrected chi connectivity index (χ2v) is 17.3. The summed E-state index contributed by atoms with van der Waals surface area (Å²) in [7, 11) is 0. The van der Waals surface area contributed by atoms with E-state index in [0.29, 0.717) is 19.3 Å². The number of carbonyl (C=O) groups is 2. The van der Waals surface area contributed by atoms with Crippen molar-refractivity contribution in [1.82, 2.24) is 5.32 Å². The second-order valence-electron chi connectivity index (χ2n) is 17.3. The van der Waals surface area contributed by atoms with Crippen LogP contribution in [0.4, 0.5) is 0 Å². The lowest BCUT2D eigenvalue weighted by Gasteiger charge is -2.24. The summed E-state index contributed by atoms with van der Waals surface area (Å²) in [6, 6.07) is -0.709. The molecular weight excluding hydrogens is 743 g/mol. The van der Waals surface area contributed by atoms with E-state index in [4.69, 9.17) is 4.74 Å². The number of aliphatic hydroxyl groups excluding tert-OH is 2. The Morgan fingerprint density at radius 2 is 0.900 bits per heavy atom. The van der Waals surface area contributed by atoms with Crippen LogP contribution >= 0.6 is 0 Å². The van der Waals surface area contributed by atoms with Gasteiger partial charge in [-0.3, -0.25) is 9.59 Å². The van der Waals surface area contributed by atoms with Crippen LogP contribution < -0.4 is 5.32 Å². The molecular formula is C54H97NO5. The molecule has 0 bridgehead atoms. The predicted octanol–water partition coefficient (Wildman–Crippen LogP) is 15.2. The zero-order valence-electron chi connectivity index (χ0n) is 39.6. The van der Waals surface area contributed by atoms with E-state index in [-0.39, 0.29) is 24.9 Å². The number of unbranched alkanes of at least 4 members (excludes halogenated alkanes) is 27. The second kappa shape index (κ2) is 47.6. The number of carbonyl (C=O) groups excluding carboxylic acids is 2. The maximum Gasteiger partial charge on any atom is 0.306 e. The van der Waals surface area contributed by atoms with Crippen molar-refractivity contribution in [2.24, 2.45) is 0 Å². The number of hydrogen-bond acceptors (Lipinski definition) is 5. The SMILES string of the molecule is CC/C=C/C=C/C=C\C=C/C=C/CCCCCC(=O)OC(CCCCCCCCCCCCCCCC)CC(=O)NC(CO)C(O)CCCCCCCCCCCCCC. The largest absolute Gasteiger partial charge is 0.462 e. The number of rotatable bonds is 45. The third-order valence-corrected chi connectivity index (χ3v) is 11.5. The summed E-state index contributed by atoms with van der Waals surface area (Å²) in [4.78, 5) is 26.1. The fraction of sp³-hybridized carbons (Fsp3) is 0.778. The monoisotopic (exact) mass is 840 g/mol. The minimum atomic E-state index is -0.794. The van der Waals surface area contributed by atoms with Gasteiger partial charge in [0.25, 0.3) is 0 Å². The molecule has 0 spiro atoms. The Morgan fingerprint density at radius 1 is 0.500 bits per heavy atom. The van der Waals surface area contributed by atoms with Crippen LogP contribution in [-0.4, -0.2) is 46.9 Å². The molecule has 6 nitrogen and oxygen atoms in total. The van der Waals surface area contributed by atoms with Gasteiger partial charge < -0.3 is 20.3 Å². The molecule has 0 aliphatic heterocycles. The fourth-order valence-corrected chi connectivity index (χ4v) is 7.63. The number of allylic oxidation sites excluding steroid dienone is 10. The highest BCUT2D eigenvalue weighted by Gasteiger charge is 2.24. The van der Waals surface area contributed by atoms with Crippen LogP contribution in [0.5, 0.6) is 0 Å². The van der Waals surface area contributed by atoms with Gasteiger partial charge in [0.15, 0.2) is 0 Å². The highest BCUT2D eigenvalue weighted by atomic mass is 16.5. The van der Waals surface area contributed by atoms with E-state index >= 15 is 0 Å². The molecule has 0 aromatic rings. The molecule has 1 amide bonds. The van der Waals surface area contributed by atoms with Gasteiger partial charge in [-0.2, -0.15) is 0 Å². The standard InChI is InChI=1S/C54H97NO5/c1-4-7-10-13-16-19-22-25-27-29-32-35-38-41-44-47-54(59)60-50(45-42-39-36-33-30-28-26-23-20-17-14-11-8-5-2)48-53(58)55-51(49-56)52(57)46-43-40-37-34-31-24-21-18-15-12-9-6-3/h7,10,13,16,19,22,25,27,29,32,50-52,56-57H,4-6,8-9,11-12,14-15,17-18,20-21,23-24,26,28,30-31,33-49H2,1-3H3,(H,55,58)/b10-7+,16-13+,22-19-,27-25-,32-29+. The summed E-state index contributed by atoms with van der Waals surface area (Å²) < 4.78 is 5.92. The quantitative estimate of drug-likeness (QED) is 0.0322. The van der Waals surface area contributed by atoms with Crippen LogP contribution in [0.25, 0.3) is 0 Å². The van der Waals surface area contributed by atoms with Gasteiger partial charge in [0.05, 0.1) is 25.2 Å². The predicted molar refractivity (Wildman–Crippen MR) is 259 cm³/mol. The molecule has 0 radical (unpaired) electrons. The number of nitrogens with one attached hydrogen (secondary N) is 1. The van der Waals surface area contributed by atoms with Crippen LogP contribution in [0, 0.1) is 0 Å². The number of hydrogen-bond donors (Lipinski definition) is 3. The van der Waals surface area contributed by atoms with E-state index in [1.807, 2.05) is 36.5 Å². The summed E-state index contributed by atoms with van der Waals surface area (Å²) >= 11 is 0. The van der Waals surface area contributed by atoms with Gasteiger partial charge in [-0.25, -0.2) is 0 Å². The summed E-state index contributed by atoms with van der Waals surface area (Å²) in [5.41, 5.74) is 0. The smallest absolute Gasteiger partial charge is 0.306 e. The summed E-state index contributed by atoms with van der Waals surface area (Å²) in [6.45, 7) is 6.33. The normalized spacial score (nSPS) is 13.8. The zero-order chi connectivity index (χ0) is 43.8. The van der Waals surface area contributed by atoms with E-state index in [1.54, 1.807) is 0 Å². The first kappa shape index (κ1) is 57.6. The van der Waals surface area contributed by atoms with Crippen molar-refractivity contribution in [3.05, 3.63) is 60.8 Å². The number of aliphatic hydroxyl groups is 2. The molecule has 0 aliphatic carbocycles. The third kappa shape index (κ3) is 42.3. The topological polar surface area (TPSA) is 95.9 Å². The lowest BCUT2D eigenvalue weighted by molar-refractivity contribution is -0.151. The van der Waals surface area contributed by atoms with Crippen molar-refractivity contribution < 1.29 is 24.5 Å². The summed E-state index contributed by atoms with van der Waals surface area (Å²) in [5.74, 6) is -0.517. The average Bonchev–Trinajstić information content (AvgIpc) is 3.24. The fourth-order valence-electron chi connectivity index (χ4n) is 7.63. The van der Waals surface area contributed by atoms with E-state index in [2.05, 4.69) is 50.4 Å². The van der Waals surface area contributed by atoms with E-state index in [0.717, 1.165) is 70.6 Å². The Bertz CT molecular complexity index is 1080. The first-order chi connectivity index (χ1) is 29.5. The summed E-state index contributed by atoms with van der Waals surface area (Å²) in [6.07, 6.45) is 58.4. The molecule has 0 aromatic carbocycles. The highest BCUT2D eigenvalue weighted by Crippen LogP contribution is 2.18. The molecule has 0 aromatic heterocycles. The molecule has 0 rings (SSSR count). The van der Waals surface area contributed by atoms with Crippen LogP contribution in [0.1, 0.15) is 245 Å². The van der Waals surface area contributed by atoms with Crippen LogP contribution in [0.3, 0.4) is 0 Å². The lowest BCUT2D eigenvalue weighted by Crippen LogP contribution is -2.46. The average molecular weight is 840 g/mol. The minimum Gasteiger partial charge on any atom is -0.462 e. The zero-order valence-corrected chi connectivity index (χ0v) is 39.6. The van der Waals surface area contributed by atoms with Gasteiger partial charge in [-0.15, -0.1) is 0 Å². The Kier molecular flexibility index (Phi) is 45.7. The van der Waals surface area contributed by atoms with Crippen LogP contribution in [0.2, 0.25) is 0 Å². The molecule has 0 heterocycles. The van der Waals surface area contributed by atoms with Gasteiger partial charge in [-0.05, 0) is 44.9 Å². The summed E-state index contributed by atoms with van der Waals surface area (Å²) in [5, 5.41) is 23.7. The Morgan fingerprint density at radius 3 is 1.35 bits per heavy atom. The molecule has 60 heavy (non-hydrogen) atoms. The number of amides is 1. The van der Waals surface area contributed by atoms with E-state index < -0.39 is 18.2 Å². The minimum absolute atomic E-state index is 0.0612. The third-order valence-electron chi connectivity index (χ3n) is 11.5. The molecule has 348 valence electrons. The maximum atomic E-state index is 13.2. The molecule has 0 fully saturated rings.